The third-order valence-electron chi connectivity index (χ3n) is 2.82. The molecule has 2 aliphatic carbocycles. The monoisotopic (exact) mass is 197 g/mol. The number of benzene rings is 1. The summed E-state index contributed by atoms with van der Waals surface area (Å²) in [6, 6.07) is 5.63. The molecule has 0 fully saturated rings. The van der Waals surface area contributed by atoms with E-state index in [4.69, 9.17) is 4.74 Å². The van der Waals surface area contributed by atoms with Gasteiger partial charge in [-0.2, -0.15) is 0 Å². The molecule has 0 N–H and O–H groups in total. The highest BCUT2D eigenvalue weighted by molar-refractivity contribution is 5.93. The summed E-state index contributed by atoms with van der Waals surface area (Å²) >= 11 is 0. The summed E-state index contributed by atoms with van der Waals surface area (Å²) in [7, 11) is 1.61. The van der Waals surface area contributed by atoms with E-state index >= 15 is 0 Å². The van der Waals surface area contributed by atoms with Crippen molar-refractivity contribution in [2.45, 2.75) is 0 Å². The minimum Gasteiger partial charge on any atom is -0.872 e. The van der Waals surface area contributed by atoms with Crippen molar-refractivity contribution in [3.63, 3.8) is 0 Å². The summed E-state index contributed by atoms with van der Waals surface area (Å²) in [5, 5.41) is 13.7. The molecule has 0 atom stereocenters. The van der Waals surface area contributed by atoms with E-state index < -0.39 is 0 Å². The number of hydrogen-bond donors (Lipinski definition) is 0. The lowest BCUT2D eigenvalue weighted by atomic mass is 10.1. The summed E-state index contributed by atoms with van der Waals surface area (Å²) in [6.07, 6.45) is 5.76. The lowest BCUT2D eigenvalue weighted by Gasteiger charge is -2.09. The third-order valence-corrected chi connectivity index (χ3v) is 2.82. The summed E-state index contributed by atoms with van der Waals surface area (Å²) in [4.78, 5) is 0. The highest BCUT2D eigenvalue weighted by Gasteiger charge is 2.13. The lowest BCUT2D eigenvalue weighted by molar-refractivity contribution is -0.244. The van der Waals surface area contributed by atoms with Crippen molar-refractivity contribution in [3.8, 4) is 5.75 Å². The minimum atomic E-state index is 0.101. The summed E-state index contributed by atoms with van der Waals surface area (Å²) in [5.74, 6) is 0.830. The molecule has 0 spiro atoms. The van der Waals surface area contributed by atoms with Gasteiger partial charge in [0.1, 0.15) is 5.75 Å². The van der Waals surface area contributed by atoms with Crippen LogP contribution in [0.5, 0.6) is 5.75 Å². The molecular weight excluding hydrogens is 188 g/mol. The maximum Gasteiger partial charge on any atom is 0.119 e. The largest absolute Gasteiger partial charge is 0.872 e. The Balaban J connectivity index is 2.45. The van der Waals surface area contributed by atoms with Crippen LogP contribution in [-0.2, 0) is 0 Å². The first kappa shape index (κ1) is 8.36. The normalized spacial score (nSPS) is 16.5. The van der Waals surface area contributed by atoms with Gasteiger partial charge in [-0.3, -0.25) is 0 Å². The molecule has 0 saturated heterocycles. The fourth-order valence-corrected chi connectivity index (χ4v) is 2.07. The Labute approximate surface area is 87.1 Å². The SMILES string of the molecule is COc1ccc2c(c1)=C([O-])C1=CC=CC=21. The molecule has 2 heteroatoms. The first-order chi connectivity index (χ1) is 7.31. The minimum absolute atomic E-state index is 0.101. The third kappa shape index (κ3) is 0.988. The second-order valence-corrected chi connectivity index (χ2v) is 3.59. The Hall–Kier alpha value is -1.96. The van der Waals surface area contributed by atoms with Gasteiger partial charge in [-0.05, 0) is 33.7 Å². The van der Waals surface area contributed by atoms with E-state index in [2.05, 4.69) is 0 Å². The Morgan fingerprint density at radius 1 is 1.20 bits per heavy atom. The van der Waals surface area contributed by atoms with Crippen molar-refractivity contribution < 1.29 is 9.84 Å². The fourth-order valence-electron chi connectivity index (χ4n) is 2.07. The van der Waals surface area contributed by atoms with Crippen LogP contribution in [0, 0.1) is 0 Å². The predicted molar refractivity (Wildman–Crippen MR) is 56.3 cm³/mol. The van der Waals surface area contributed by atoms with Crippen molar-refractivity contribution in [1.29, 1.82) is 0 Å². The van der Waals surface area contributed by atoms with E-state index in [-0.39, 0.29) is 5.76 Å². The van der Waals surface area contributed by atoms with Crippen LogP contribution in [0.3, 0.4) is 0 Å². The number of fused-ring (bicyclic) bond motifs is 2. The van der Waals surface area contributed by atoms with Crippen LogP contribution < -0.4 is 20.3 Å². The fraction of sp³-hybridized carbons (Fsp3) is 0.0769. The van der Waals surface area contributed by atoms with Gasteiger partial charge in [0.15, 0.2) is 0 Å². The van der Waals surface area contributed by atoms with Crippen molar-refractivity contribution in [1.82, 2.24) is 0 Å². The molecule has 74 valence electrons. The average molecular weight is 197 g/mol. The van der Waals surface area contributed by atoms with Gasteiger partial charge in [-0.1, -0.05) is 30.1 Å². The maximum absolute atomic E-state index is 12.0. The molecular formula is C13H9O2-. The topological polar surface area (TPSA) is 32.3 Å². The molecule has 2 nitrogen and oxygen atoms in total. The molecule has 0 aliphatic heterocycles. The summed E-state index contributed by atoms with van der Waals surface area (Å²) in [6.45, 7) is 0. The summed E-state index contributed by atoms with van der Waals surface area (Å²) in [5.41, 5.74) is 1.84. The standard InChI is InChI=1S/C13H10O2/c1-15-8-5-6-10-9-3-2-4-11(9)13(14)12(10)7-8/h2-7,14H,1H3/p-1. The highest BCUT2D eigenvalue weighted by Crippen LogP contribution is 2.25. The van der Waals surface area contributed by atoms with Gasteiger partial charge in [0.25, 0.3) is 0 Å². The first-order valence-electron chi connectivity index (χ1n) is 4.80. The average Bonchev–Trinajstić information content (AvgIpc) is 2.83. The maximum atomic E-state index is 12.0. The summed E-state index contributed by atoms with van der Waals surface area (Å²) < 4.78 is 5.11. The van der Waals surface area contributed by atoms with E-state index in [1.165, 1.54) is 0 Å². The number of methoxy groups -OCH3 is 1. The van der Waals surface area contributed by atoms with Crippen LogP contribution in [-0.4, -0.2) is 7.11 Å². The number of ether oxygens (including phenoxy) is 1. The zero-order chi connectivity index (χ0) is 10.4. The molecule has 0 heterocycles. The van der Waals surface area contributed by atoms with Crippen LogP contribution in [0.15, 0.2) is 42.0 Å². The molecule has 1 aromatic rings. The molecule has 0 aromatic heterocycles. The molecule has 0 amide bonds. The van der Waals surface area contributed by atoms with Gasteiger partial charge in [-0.25, -0.2) is 0 Å². The van der Waals surface area contributed by atoms with Gasteiger partial charge in [0.05, 0.1) is 7.11 Å². The van der Waals surface area contributed by atoms with Gasteiger partial charge < -0.3 is 9.84 Å². The van der Waals surface area contributed by atoms with Crippen LogP contribution in [0.2, 0.25) is 0 Å². The van der Waals surface area contributed by atoms with Gasteiger partial charge >= 0.3 is 0 Å². The smallest absolute Gasteiger partial charge is 0.119 e. The van der Waals surface area contributed by atoms with Crippen molar-refractivity contribution in [2.75, 3.05) is 7.11 Å². The Kier molecular flexibility index (Phi) is 1.54. The number of allylic oxidation sites excluding steroid dienone is 3. The second kappa shape index (κ2) is 2.76. The molecule has 2 aliphatic rings. The van der Waals surface area contributed by atoms with Crippen LogP contribution in [0.1, 0.15) is 0 Å². The Bertz CT molecular complexity index is 618. The molecule has 0 bridgehead atoms. The van der Waals surface area contributed by atoms with E-state index in [0.717, 1.165) is 27.3 Å². The Morgan fingerprint density at radius 3 is 2.87 bits per heavy atom. The van der Waals surface area contributed by atoms with E-state index in [1.54, 1.807) is 13.2 Å². The van der Waals surface area contributed by atoms with Crippen LogP contribution in [0.25, 0.3) is 11.3 Å². The molecule has 0 saturated carbocycles. The van der Waals surface area contributed by atoms with Crippen molar-refractivity contribution in [2.24, 2.45) is 0 Å². The predicted octanol–water partition coefficient (Wildman–Crippen LogP) is -0.176. The highest BCUT2D eigenvalue weighted by atomic mass is 16.5. The molecule has 3 rings (SSSR count). The van der Waals surface area contributed by atoms with E-state index in [0.29, 0.717) is 0 Å². The second-order valence-electron chi connectivity index (χ2n) is 3.59. The van der Waals surface area contributed by atoms with Crippen LogP contribution in [0.4, 0.5) is 0 Å². The van der Waals surface area contributed by atoms with Gasteiger partial charge in [0, 0.05) is 0 Å². The first-order valence-corrected chi connectivity index (χ1v) is 4.80. The zero-order valence-electron chi connectivity index (χ0n) is 8.28. The number of hydrogen-bond acceptors (Lipinski definition) is 2. The molecule has 0 radical (unpaired) electrons. The quantitative estimate of drug-likeness (QED) is 0.626. The zero-order valence-corrected chi connectivity index (χ0v) is 8.28. The van der Waals surface area contributed by atoms with Gasteiger partial charge in [-0.15, -0.1) is 0 Å². The Morgan fingerprint density at radius 2 is 2.07 bits per heavy atom. The molecule has 15 heavy (non-hydrogen) atoms. The van der Waals surface area contributed by atoms with Crippen molar-refractivity contribution in [3.05, 3.63) is 52.4 Å². The number of rotatable bonds is 1. The van der Waals surface area contributed by atoms with Gasteiger partial charge in [0.2, 0.25) is 0 Å². The van der Waals surface area contributed by atoms with Crippen molar-refractivity contribution >= 4 is 11.3 Å². The lowest BCUT2D eigenvalue weighted by Crippen LogP contribution is -2.26. The van der Waals surface area contributed by atoms with E-state index in [9.17, 15) is 5.11 Å². The molecule has 0 unspecified atom stereocenters. The van der Waals surface area contributed by atoms with E-state index in [1.807, 2.05) is 30.4 Å². The van der Waals surface area contributed by atoms with Crippen LogP contribution >= 0.6 is 0 Å². The molecule has 1 aromatic carbocycles.